The Labute approximate surface area is 129 Å². The zero-order chi connectivity index (χ0) is 15.4. The third kappa shape index (κ3) is 2.15. The normalized spacial score (nSPS) is 35.7. The molecule has 3 nitrogen and oxygen atoms in total. The fourth-order valence-corrected chi connectivity index (χ4v) is 4.95. The summed E-state index contributed by atoms with van der Waals surface area (Å²) in [4.78, 5) is 15.3. The van der Waals surface area contributed by atoms with Crippen molar-refractivity contribution >= 4 is 5.91 Å². The number of hydrogen-bond acceptors (Lipinski definition) is 2. The van der Waals surface area contributed by atoms with Crippen LogP contribution in [0.25, 0.3) is 0 Å². The predicted octanol–water partition coefficient (Wildman–Crippen LogP) is 3.54. The standard InChI is InChI=1S/C18H32N2O/c1-6-9-13-15(21)20(16-17(2,3)18(16,4)5)14(19-13)12-10-7-8-11-12/h12-14,16,19H,6-11H2,1-5H3. The largest absolute Gasteiger partial charge is 0.321 e. The molecule has 0 aromatic heterocycles. The third-order valence-corrected chi connectivity index (χ3v) is 6.87. The van der Waals surface area contributed by atoms with E-state index in [9.17, 15) is 4.79 Å². The van der Waals surface area contributed by atoms with E-state index in [0.717, 1.165) is 12.8 Å². The number of nitrogens with one attached hydrogen (secondary N) is 1. The highest BCUT2D eigenvalue weighted by molar-refractivity contribution is 5.85. The summed E-state index contributed by atoms with van der Waals surface area (Å²) >= 11 is 0. The molecular formula is C18H32N2O. The van der Waals surface area contributed by atoms with Crippen LogP contribution in [0.4, 0.5) is 0 Å². The highest BCUT2D eigenvalue weighted by Crippen LogP contribution is 2.66. The van der Waals surface area contributed by atoms with Crippen LogP contribution in [0.1, 0.15) is 73.1 Å². The molecule has 2 unspecified atom stereocenters. The van der Waals surface area contributed by atoms with Gasteiger partial charge in [0.25, 0.3) is 0 Å². The summed E-state index contributed by atoms with van der Waals surface area (Å²) in [5.41, 5.74) is 0.477. The van der Waals surface area contributed by atoms with Gasteiger partial charge in [0.1, 0.15) is 0 Å². The lowest BCUT2D eigenvalue weighted by Gasteiger charge is -2.31. The Hall–Kier alpha value is -0.570. The molecule has 1 saturated heterocycles. The van der Waals surface area contributed by atoms with Gasteiger partial charge in [-0.15, -0.1) is 0 Å². The molecule has 2 saturated carbocycles. The number of rotatable bonds is 4. The lowest BCUT2D eigenvalue weighted by atomic mass is 10.0. The van der Waals surface area contributed by atoms with Gasteiger partial charge in [-0.1, -0.05) is 53.9 Å². The van der Waals surface area contributed by atoms with Crippen LogP contribution < -0.4 is 5.32 Å². The first-order valence-corrected chi connectivity index (χ1v) is 8.90. The molecule has 3 fully saturated rings. The SMILES string of the molecule is CCCC1NC(C2CCCC2)N(C2C(C)(C)C2(C)C)C1=O. The summed E-state index contributed by atoms with van der Waals surface area (Å²) in [6.07, 6.45) is 7.59. The fraction of sp³-hybridized carbons (Fsp3) is 0.944. The molecule has 1 heterocycles. The van der Waals surface area contributed by atoms with Crippen LogP contribution in [-0.4, -0.2) is 29.1 Å². The van der Waals surface area contributed by atoms with Gasteiger partial charge in [-0.25, -0.2) is 0 Å². The van der Waals surface area contributed by atoms with Crippen molar-refractivity contribution in [3.63, 3.8) is 0 Å². The molecule has 21 heavy (non-hydrogen) atoms. The van der Waals surface area contributed by atoms with Gasteiger partial charge >= 0.3 is 0 Å². The lowest BCUT2D eigenvalue weighted by molar-refractivity contribution is -0.132. The van der Waals surface area contributed by atoms with Crippen molar-refractivity contribution in [3.8, 4) is 0 Å². The molecule has 3 rings (SSSR count). The second-order valence-electron chi connectivity index (χ2n) is 8.59. The number of carbonyl (C=O) groups is 1. The van der Waals surface area contributed by atoms with E-state index < -0.39 is 0 Å². The summed E-state index contributed by atoms with van der Waals surface area (Å²) in [5, 5.41) is 3.71. The second-order valence-corrected chi connectivity index (χ2v) is 8.59. The zero-order valence-corrected chi connectivity index (χ0v) is 14.4. The van der Waals surface area contributed by atoms with Gasteiger partial charge in [0.15, 0.2) is 0 Å². The first-order chi connectivity index (χ1) is 9.82. The van der Waals surface area contributed by atoms with Crippen LogP contribution in [0.15, 0.2) is 0 Å². The lowest BCUT2D eigenvalue weighted by Crippen LogP contribution is -2.45. The van der Waals surface area contributed by atoms with Crippen LogP contribution in [0.3, 0.4) is 0 Å². The Morgan fingerprint density at radius 3 is 2.19 bits per heavy atom. The van der Waals surface area contributed by atoms with Crippen LogP contribution >= 0.6 is 0 Å². The van der Waals surface area contributed by atoms with E-state index in [1.54, 1.807) is 0 Å². The van der Waals surface area contributed by atoms with Gasteiger partial charge in [0.05, 0.1) is 12.2 Å². The summed E-state index contributed by atoms with van der Waals surface area (Å²) in [6.45, 7) is 11.5. The zero-order valence-electron chi connectivity index (χ0n) is 14.4. The summed E-state index contributed by atoms with van der Waals surface area (Å²) in [5.74, 6) is 1.04. The van der Waals surface area contributed by atoms with Crippen molar-refractivity contribution in [1.29, 1.82) is 0 Å². The van der Waals surface area contributed by atoms with Crippen LogP contribution in [0, 0.1) is 16.7 Å². The van der Waals surface area contributed by atoms with Crippen LogP contribution in [0.5, 0.6) is 0 Å². The Bertz CT molecular complexity index is 409. The fourth-order valence-electron chi connectivity index (χ4n) is 4.95. The molecule has 120 valence electrons. The molecule has 1 N–H and O–H groups in total. The molecule has 0 aromatic carbocycles. The first-order valence-electron chi connectivity index (χ1n) is 8.90. The number of carbonyl (C=O) groups excluding carboxylic acids is 1. The van der Waals surface area contributed by atoms with Crippen LogP contribution in [0.2, 0.25) is 0 Å². The Morgan fingerprint density at radius 1 is 1.14 bits per heavy atom. The van der Waals surface area contributed by atoms with Crippen molar-refractivity contribution in [1.82, 2.24) is 10.2 Å². The smallest absolute Gasteiger partial charge is 0.241 e. The maximum atomic E-state index is 13.0. The molecule has 3 aliphatic rings. The van der Waals surface area contributed by atoms with Crippen molar-refractivity contribution in [2.45, 2.75) is 91.4 Å². The van der Waals surface area contributed by atoms with Gasteiger partial charge < -0.3 is 4.90 Å². The van der Waals surface area contributed by atoms with Gasteiger partial charge in [-0.3, -0.25) is 10.1 Å². The Morgan fingerprint density at radius 2 is 1.71 bits per heavy atom. The molecule has 3 heteroatoms. The Balaban J connectivity index is 1.85. The van der Waals surface area contributed by atoms with E-state index in [2.05, 4.69) is 44.8 Å². The summed E-state index contributed by atoms with van der Waals surface area (Å²) in [6, 6.07) is 0.463. The van der Waals surface area contributed by atoms with E-state index in [1.165, 1.54) is 25.7 Å². The Kier molecular flexibility index (Phi) is 3.63. The van der Waals surface area contributed by atoms with Gasteiger partial charge in [0.2, 0.25) is 5.91 Å². The van der Waals surface area contributed by atoms with E-state index in [-0.39, 0.29) is 16.9 Å². The van der Waals surface area contributed by atoms with Crippen molar-refractivity contribution in [3.05, 3.63) is 0 Å². The topological polar surface area (TPSA) is 32.3 Å². The van der Waals surface area contributed by atoms with Gasteiger partial charge in [0, 0.05) is 6.04 Å². The second kappa shape index (κ2) is 4.97. The van der Waals surface area contributed by atoms with E-state index >= 15 is 0 Å². The van der Waals surface area contributed by atoms with Gasteiger partial charge in [-0.05, 0) is 36.0 Å². The van der Waals surface area contributed by atoms with E-state index in [4.69, 9.17) is 0 Å². The minimum atomic E-state index is 0.0628. The van der Waals surface area contributed by atoms with Crippen molar-refractivity contribution in [2.24, 2.45) is 16.7 Å². The number of amides is 1. The van der Waals surface area contributed by atoms with Crippen molar-refractivity contribution in [2.75, 3.05) is 0 Å². The molecule has 0 spiro atoms. The molecule has 2 atom stereocenters. The number of hydrogen-bond donors (Lipinski definition) is 1. The highest BCUT2D eigenvalue weighted by atomic mass is 16.2. The minimum absolute atomic E-state index is 0.0628. The molecule has 1 amide bonds. The maximum Gasteiger partial charge on any atom is 0.241 e. The molecule has 1 aliphatic heterocycles. The maximum absolute atomic E-state index is 13.0. The average molecular weight is 292 g/mol. The molecular weight excluding hydrogens is 260 g/mol. The molecule has 0 bridgehead atoms. The average Bonchev–Trinajstić information content (AvgIpc) is 2.89. The van der Waals surface area contributed by atoms with Gasteiger partial charge in [-0.2, -0.15) is 0 Å². The molecule has 0 aromatic rings. The monoisotopic (exact) mass is 292 g/mol. The number of nitrogens with zero attached hydrogens (tertiary/aromatic N) is 1. The van der Waals surface area contributed by atoms with E-state index in [1.807, 2.05) is 0 Å². The summed E-state index contributed by atoms with van der Waals surface area (Å²) < 4.78 is 0. The quantitative estimate of drug-likeness (QED) is 0.859. The summed E-state index contributed by atoms with van der Waals surface area (Å²) in [7, 11) is 0. The first kappa shape index (κ1) is 15.3. The predicted molar refractivity (Wildman–Crippen MR) is 85.8 cm³/mol. The van der Waals surface area contributed by atoms with Crippen LogP contribution in [-0.2, 0) is 4.79 Å². The minimum Gasteiger partial charge on any atom is -0.321 e. The highest BCUT2D eigenvalue weighted by Gasteiger charge is 2.70. The van der Waals surface area contributed by atoms with Crippen molar-refractivity contribution < 1.29 is 4.79 Å². The third-order valence-electron chi connectivity index (χ3n) is 6.87. The molecule has 2 aliphatic carbocycles. The molecule has 0 radical (unpaired) electrons. The van der Waals surface area contributed by atoms with E-state index in [0.29, 0.717) is 24.0 Å².